The molecule has 1 aliphatic heterocycles. The minimum absolute atomic E-state index is 0.0875. The summed E-state index contributed by atoms with van der Waals surface area (Å²) in [5, 5.41) is 13.8. The minimum Gasteiger partial charge on any atom is -0.478 e. The summed E-state index contributed by atoms with van der Waals surface area (Å²) < 4.78 is 2.15. The van der Waals surface area contributed by atoms with Gasteiger partial charge in [-0.05, 0) is 80.0 Å². The molecule has 2 atom stereocenters. The number of nitrogens with zero attached hydrogens (tertiary/aromatic N) is 3. The highest BCUT2D eigenvalue weighted by Gasteiger charge is 2.41. The maximum absolute atomic E-state index is 11.7. The summed E-state index contributed by atoms with van der Waals surface area (Å²) in [6.07, 6.45) is 1.81. The van der Waals surface area contributed by atoms with Crippen molar-refractivity contribution >= 4 is 23.3 Å². The monoisotopic (exact) mass is 496 g/mol. The normalized spacial score (nSPS) is 17.3. The maximum Gasteiger partial charge on any atom is 0.335 e. The van der Waals surface area contributed by atoms with E-state index in [1.165, 1.54) is 5.56 Å². The van der Waals surface area contributed by atoms with Crippen molar-refractivity contribution in [3.8, 4) is 5.69 Å². The van der Waals surface area contributed by atoms with E-state index in [1.54, 1.807) is 18.3 Å². The third kappa shape index (κ3) is 4.27. The second-order valence-corrected chi connectivity index (χ2v) is 9.60. The van der Waals surface area contributed by atoms with Crippen molar-refractivity contribution in [1.29, 1.82) is 0 Å². The summed E-state index contributed by atoms with van der Waals surface area (Å²) in [5.41, 5.74) is 7.46. The Kier molecular flexibility index (Phi) is 6.33. The SMILES string of the molecule is Cc1ccc(C(=O)O)cc1-n1c(C)cc(C2C(c3ccccn3)NC(=S)N2Cc2ccccc2)c1C. The Bertz CT molecular complexity index is 1430. The number of carboxylic acids is 1. The summed E-state index contributed by atoms with van der Waals surface area (Å²) in [5.74, 6) is -0.937. The topological polar surface area (TPSA) is 70.4 Å². The zero-order chi connectivity index (χ0) is 25.4. The smallest absolute Gasteiger partial charge is 0.335 e. The molecule has 4 aromatic rings. The van der Waals surface area contributed by atoms with Crippen molar-refractivity contribution in [2.75, 3.05) is 0 Å². The second kappa shape index (κ2) is 9.59. The van der Waals surface area contributed by atoms with Crippen LogP contribution in [0.5, 0.6) is 0 Å². The largest absolute Gasteiger partial charge is 0.478 e. The van der Waals surface area contributed by atoms with Crippen LogP contribution >= 0.6 is 12.2 Å². The molecule has 3 heterocycles. The molecule has 1 aliphatic rings. The van der Waals surface area contributed by atoms with Crippen molar-refractivity contribution in [3.05, 3.63) is 118 Å². The van der Waals surface area contributed by atoms with Gasteiger partial charge in [0.25, 0.3) is 0 Å². The molecule has 5 rings (SSSR count). The number of rotatable bonds is 6. The number of hydrogen-bond donors (Lipinski definition) is 2. The highest BCUT2D eigenvalue weighted by atomic mass is 32.1. The van der Waals surface area contributed by atoms with Crippen LogP contribution in [0.4, 0.5) is 0 Å². The number of hydrogen-bond acceptors (Lipinski definition) is 3. The predicted molar refractivity (Wildman–Crippen MR) is 144 cm³/mol. The van der Waals surface area contributed by atoms with E-state index >= 15 is 0 Å². The quantitative estimate of drug-likeness (QED) is 0.335. The molecular formula is C29H28N4O2S. The van der Waals surface area contributed by atoms with E-state index in [1.807, 2.05) is 49.4 Å². The van der Waals surface area contributed by atoms with E-state index in [2.05, 4.69) is 51.8 Å². The lowest BCUT2D eigenvalue weighted by Crippen LogP contribution is -2.29. The number of aromatic carboxylic acids is 1. The van der Waals surface area contributed by atoms with Gasteiger partial charge in [0.05, 0.1) is 23.3 Å². The molecule has 36 heavy (non-hydrogen) atoms. The van der Waals surface area contributed by atoms with Crippen LogP contribution < -0.4 is 5.32 Å². The molecule has 6 nitrogen and oxygen atoms in total. The van der Waals surface area contributed by atoms with Gasteiger partial charge in [-0.2, -0.15) is 0 Å². The second-order valence-electron chi connectivity index (χ2n) is 9.21. The van der Waals surface area contributed by atoms with Gasteiger partial charge in [-0.3, -0.25) is 4.98 Å². The molecule has 2 aromatic heterocycles. The van der Waals surface area contributed by atoms with Gasteiger partial charge in [-0.15, -0.1) is 0 Å². The zero-order valence-electron chi connectivity index (χ0n) is 20.5. The van der Waals surface area contributed by atoms with Crippen LogP contribution in [0.15, 0.2) is 79.0 Å². The molecule has 182 valence electrons. The Balaban J connectivity index is 1.64. The van der Waals surface area contributed by atoms with Crippen molar-refractivity contribution < 1.29 is 9.90 Å². The maximum atomic E-state index is 11.7. The van der Waals surface area contributed by atoms with Gasteiger partial charge in [0, 0.05) is 29.8 Å². The van der Waals surface area contributed by atoms with E-state index in [9.17, 15) is 9.90 Å². The van der Waals surface area contributed by atoms with Crippen molar-refractivity contribution in [2.45, 2.75) is 39.4 Å². The fourth-order valence-electron chi connectivity index (χ4n) is 5.14. The summed E-state index contributed by atoms with van der Waals surface area (Å²) in [7, 11) is 0. The predicted octanol–water partition coefficient (Wildman–Crippen LogP) is 5.67. The summed E-state index contributed by atoms with van der Waals surface area (Å²) in [6.45, 7) is 6.82. The van der Waals surface area contributed by atoms with Gasteiger partial charge in [0.2, 0.25) is 0 Å². The summed E-state index contributed by atoms with van der Waals surface area (Å²) in [4.78, 5) is 18.6. The van der Waals surface area contributed by atoms with Crippen LogP contribution in [0, 0.1) is 20.8 Å². The average molecular weight is 497 g/mol. The first-order chi connectivity index (χ1) is 17.3. The van der Waals surface area contributed by atoms with Crippen LogP contribution in [0.2, 0.25) is 0 Å². The molecule has 2 unspecified atom stereocenters. The lowest BCUT2D eigenvalue weighted by atomic mass is 9.96. The van der Waals surface area contributed by atoms with Gasteiger partial charge in [0.15, 0.2) is 5.11 Å². The van der Waals surface area contributed by atoms with E-state index in [4.69, 9.17) is 12.2 Å². The molecule has 7 heteroatoms. The van der Waals surface area contributed by atoms with Crippen molar-refractivity contribution in [1.82, 2.24) is 19.8 Å². The molecule has 1 saturated heterocycles. The number of aryl methyl sites for hydroxylation is 2. The van der Waals surface area contributed by atoms with Gasteiger partial charge < -0.3 is 19.9 Å². The minimum atomic E-state index is -0.937. The average Bonchev–Trinajstić information content (AvgIpc) is 3.35. The van der Waals surface area contributed by atoms with E-state index < -0.39 is 5.97 Å². The van der Waals surface area contributed by atoms with Gasteiger partial charge >= 0.3 is 5.97 Å². The van der Waals surface area contributed by atoms with E-state index in [-0.39, 0.29) is 17.6 Å². The molecule has 0 spiro atoms. The van der Waals surface area contributed by atoms with Crippen LogP contribution in [0.1, 0.15) is 56.2 Å². The Morgan fingerprint density at radius 2 is 1.78 bits per heavy atom. The molecule has 0 radical (unpaired) electrons. The fourth-order valence-corrected chi connectivity index (χ4v) is 5.44. The van der Waals surface area contributed by atoms with Crippen molar-refractivity contribution in [3.63, 3.8) is 0 Å². The number of aromatic nitrogens is 2. The zero-order valence-corrected chi connectivity index (χ0v) is 21.3. The van der Waals surface area contributed by atoms with E-state index in [0.717, 1.165) is 33.9 Å². The molecule has 0 bridgehead atoms. The number of benzene rings is 2. The van der Waals surface area contributed by atoms with E-state index in [0.29, 0.717) is 11.7 Å². The molecule has 0 amide bonds. The number of carbonyl (C=O) groups is 1. The van der Waals surface area contributed by atoms with Crippen LogP contribution in [0.3, 0.4) is 0 Å². The van der Waals surface area contributed by atoms with Crippen molar-refractivity contribution in [2.24, 2.45) is 0 Å². The first kappa shape index (κ1) is 23.8. The Labute approximate surface area is 216 Å². The number of pyridine rings is 1. The number of carboxylic acid groups (broad SMARTS) is 1. The summed E-state index contributed by atoms with van der Waals surface area (Å²) in [6, 6.07) is 23.5. The molecule has 1 fully saturated rings. The highest BCUT2D eigenvalue weighted by molar-refractivity contribution is 7.80. The van der Waals surface area contributed by atoms with Crippen LogP contribution in [-0.2, 0) is 6.54 Å². The Morgan fingerprint density at radius 1 is 1.03 bits per heavy atom. The third-order valence-electron chi connectivity index (χ3n) is 6.88. The summed E-state index contributed by atoms with van der Waals surface area (Å²) >= 11 is 5.85. The molecule has 2 N–H and O–H groups in total. The first-order valence-corrected chi connectivity index (χ1v) is 12.3. The first-order valence-electron chi connectivity index (χ1n) is 11.9. The molecule has 2 aromatic carbocycles. The molecule has 0 saturated carbocycles. The lowest BCUT2D eigenvalue weighted by molar-refractivity contribution is 0.0697. The van der Waals surface area contributed by atoms with Gasteiger partial charge in [0.1, 0.15) is 0 Å². The van der Waals surface area contributed by atoms with Gasteiger partial charge in [-0.1, -0.05) is 42.5 Å². The Hall–Kier alpha value is -3.97. The number of nitrogens with one attached hydrogen (secondary N) is 1. The fraction of sp³-hybridized carbons (Fsp3) is 0.207. The standard InChI is InChI=1S/C29H28N4O2S/c1-18-12-13-22(28(34)35)16-25(18)33-19(2)15-23(20(33)3)27-26(24-11-7-8-14-30-24)31-29(36)32(27)17-21-9-5-4-6-10-21/h4-16,26-27H,17H2,1-3H3,(H,31,36)(H,34,35). The Morgan fingerprint density at radius 3 is 2.47 bits per heavy atom. The van der Waals surface area contributed by atoms with Crippen LogP contribution in [0.25, 0.3) is 5.69 Å². The van der Waals surface area contributed by atoms with Gasteiger partial charge in [-0.25, -0.2) is 4.79 Å². The van der Waals surface area contributed by atoms with Crippen LogP contribution in [-0.4, -0.2) is 30.6 Å². The molecular weight excluding hydrogens is 468 g/mol. The lowest BCUT2D eigenvalue weighted by Gasteiger charge is -2.28. The number of thiocarbonyl (C=S) groups is 1. The molecule has 0 aliphatic carbocycles. The highest BCUT2D eigenvalue weighted by Crippen LogP contribution is 2.42. The third-order valence-corrected chi connectivity index (χ3v) is 7.23.